The van der Waals surface area contributed by atoms with Crippen molar-refractivity contribution in [2.75, 3.05) is 23.7 Å². The van der Waals surface area contributed by atoms with E-state index >= 15 is 0 Å². The molecule has 2 aromatic heterocycles. The summed E-state index contributed by atoms with van der Waals surface area (Å²) in [5.74, 6) is 0.490. The number of hydrogen-bond donors (Lipinski definition) is 6. The summed E-state index contributed by atoms with van der Waals surface area (Å²) in [4.78, 5) is 25.1. The second-order valence-electron chi connectivity index (χ2n) is 10.9. The average Bonchev–Trinajstić information content (AvgIpc) is 3.59. The molecule has 12 nitrogen and oxygen atoms in total. The standard InChI is InChI=1S/C31H34ClF3N8O4/c1-18(36-11-4-12-37-30(46)42-22-8-3-6-20(14-22)31(33,34)35)9-10-23-25(44)26(45)29(47-23)43-17-41-24-27(39-16-40-28(24)43)38-15-19-5-2-7-21(32)13-19/h2-3,5-10,13-14,16-18,23,25-26,29,36,44-45H,4,11-12,15H2,1H3,(H2,37,42,46)(H,38,39,40)/t18?,23-,25-,26-,29-/m1/s1. The minimum atomic E-state index is -4.50. The number of carbonyl (C=O) groups is 1. The number of rotatable bonds is 12. The third-order valence-electron chi connectivity index (χ3n) is 7.40. The fraction of sp³-hybridized carbons (Fsp3) is 0.355. The van der Waals surface area contributed by atoms with Gasteiger partial charge < -0.3 is 36.2 Å². The second kappa shape index (κ2) is 15.1. The summed E-state index contributed by atoms with van der Waals surface area (Å²) >= 11 is 6.08. The quantitative estimate of drug-likeness (QED) is 0.0942. The van der Waals surface area contributed by atoms with Gasteiger partial charge in [0.15, 0.2) is 23.2 Å². The Morgan fingerprint density at radius 1 is 1.11 bits per heavy atom. The molecule has 1 saturated heterocycles. The van der Waals surface area contributed by atoms with E-state index in [1.165, 1.54) is 24.8 Å². The lowest BCUT2D eigenvalue weighted by Crippen LogP contribution is -2.33. The Morgan fingerprint density at radius 2 is 1.91 bits per heavy atom. The van der Waals surface area contributed by atoms with E-state index in [2.05, 4.69) is 36.2 Å². The van der Waals surface area contributed by atoms with Crippen molar-refractivity contribution < 1.29 is 32.9 Å². The molecule has 4 aromatic rings. The van der Waals surface area contributed by atoms with Gasteiger partial charge in [-0.05, 0) is 55.8 Å². The summed E-state index contributed by atoms with van der Waals surface area (Å²) in [6.45, 7) is 3.14. The number of aliphatic hydroxyl groups is 2. The molecule has 2 aromatic carbocycles. The molecule has 1 fully saturated rings. The molecule has 0 radical (unpaired) electrons. The molecular weight excluding hydrogens is 641 g/mol. The maximum absolute atomic E-state index is 12.9. The van der Waals surface area contributed by atoms with Gasteiger partial charge in [0.25, 0.3) is 0 Å². The molecule has 0 aliphatic carbocycles. The minimum absolute atomic E-state index is 0.0408. The number of carbonyl (C=O) groups excluding carboxylic acids is 1. The molecule has 0 spiro atoms. The van der Waals surface area contributed by atoms with Gasteiger partial charge in [-0.3, -0.25) is 4.57 Å². The van der Waals surface area contributed by atoms with Crippen molar-refractivity contribution in [3.63, 3.8) is 0 Å². The Kier molecular flexibility index (Phi) is 10.9. The Labute approximate surface area is 273 Å². The number of amides is 2. The first kappa shape index (κ1) is 34.1. The topological polar surface area (TPSA) is 158 Å². The van der Waals surface area contributed by atoms with Crippen molar-refractivity contribution >= 4 is 40.3 Å². The predicted molar refractivity (Wildman–Crippen MR) is 170 cm³/mol. The van der Waals surface area contributed by atoms with E-state index in [4.69, 9.17) is 16.3 Å². The lowest BCUT2D eigenvalue weighted by Gasteiger charge is -2.16. The van der Waals surface area contributed by atoms with Crippen LogP contribution in [0.25, 0.3) is 11.2 Å². The molecule has 3 heterocycles. The Balaban J connectivity index is 1.08. The summed E-state index contributed by atoms with van der Waals surface area (Å²) in [7, 11) is 0. The molecule has 1 aliphatic heterocycles. The van der Waals surface area contributed by atoms with Crippen LogP contribution in [0.4, 0.5) is 29.5 Å². The lowest BCUT2D eigenvalue weighted by atomic mass is 10.1. The number of aromatic nitrogens is 4. The van der Waals surface area contributed by atoms with E-state index < -0.39 is 42.3 Å². The average molecular weight is 675 g/mol. The minimum Gasteiger partial charge on any atom is -0.387 e. The van der Waals surface area contributed by atoms with Gasteiger partial charge in [-0.2, -0.15) is 13.2 Å². The van der Waals surface area contributed by atoms with Crippen LogP contribution >= 0.6 is 11.6 Å². The highest BCUT2D eigenvalue weighted by Gasteiger charge is 2.43. The number of ether oxygens (including phenoxy) is 1. The molecule has 5 atom stereocenters. The van der Waals surface area contributed by atoms with Crippen molar-refractivity contribution in [1.29, 1.82) is 0 Å². The lowest BCUT2D eigenvalue weighted by molar-refractivity contribution is -0.137. The van der Waals surface area contributed by atoms with Crippen molar-refractivity contribution in [1.82, 2.24) is 30.2 Å². The maximum Gasteiger partial charge on any atom is 0.416 e. The number of alkyl halides is 3. The Morgan fingerprint density at radius 3 is 2.70 bits per heavy atom. The molecule has 250 valence electrons. The fourth-order valence-electron chi connectivity index (χ4n) is 4.99. The predicted octanol–water partition coefficient (Wildman–Crippen LogP) is 4.48. The first-order valence-corrected chi connectivity index (χ1v) is 15.2. The van der Waals surface area contributed by atoms with Gasteiger partial charge in [0.05, 0.1) is 11.9 Å². The molecule has 0 bridgehead atoms. The third-order valence-corrected chi connectivity index (χ3v) is 7.63. The first-order chi connectivity index (χ1) is 22.5. The molecule has 47 heavy (non-hydrogen) atoms. The number of hydrogen-bond acceptors (Lipinski definition) is 9. The van der Waals surface area contributed by atoms with Crippen LogP contribution in [-0.4, -0.2) is 73.2 Å². The number of anilines is 2. The Hall–Kier alpha value is -4.28. The third kappa shape index (κ3) is 8.75. The molecule has 2 amide bonds. The zero-order chi connectivity index (χ0) is 33.6. The summed E-state index contributed by atoms with van der Waals surface area (Å²) in [6.07, 6.45) is -1.85. The monoisotopic (exact) mass is 674 g/mol. The molecule has 1 unspecified atom stereocenters. The normalized spacial score (nSPS) is 20.5. The number of imidazole rings is 1. The first-order valence-electron chi connectivity index (χ1n) is 14.8. The highest BCUT2D eigenvalue weighted by molar-refractivity contribution is 6.30. The SMILES string of the molecule is CC(C=C[C@H]1O[C@@H](n2cnc3c(NCc4cccc(Cl)c4)ncnc32)[C@H](O)[C@@H]1O)NCCCNC(=O)Nc1cccc(C(F)(F)F)c1. The van der Waals surface area contributed by atoms with Crippen molar-refractivity contribution in [3.05, 3.63) is 89.5 Å². The van der Waals surface area contributed by atoms with Crippen LogP contribution in [0.2, 0.25) is 5.02 Å². The molecule has 1 aliphatic rings. The van der Waals surface area contributed by atoms with E-state index in [0.29, 0.717) is 41.5 Å². The molecular formula is C31H34ClF3N8O4. The number of nitrogens with zero attached hydrogens (tertiary/aromatic N) is 4. The summed E-state index contributed by atoms with van der Waals surface area (Å²) in [5.41, 5.74) is 1.04. The van der Waals surface area contributed by atoms with Gasteiger partial charge in [-0.15, -0.1) is 0 Å². The van der Waals surface area contributed by atoms with Crippen molar-refractivity contribution in [3.8, 4) is 0 Å². The van der Waals surface area contributed by atoms with Crippen LogP contribution in [0.5, 0.6) is 0 Å². The Bertz CT molecular complexity index is 1700. The van der Waals surface area contributed by atoms with Gasteiger partial charge in [0.1, 0.15) is 24.6 Å². The van der Waals surface area contributed by atoms with Crippen molar-refractivity contribution in [2.45, 2.75) is 56.6 Å². The zero-order valence-electron chi connectivity index (χ0n) is 25.2. The van der Waals surface area contributed by atoms with Crippen LogP contribution in [0.15, 0.2) is 73.3 Å². The van der Waals surface area contributed by atoms with Crippen LogP contribution in [0.3, 0.4) is 0 Å². The van der Waals surface area contributed by atoms with Gasteiger partial charge >= 0.3 is 12.2 Å². The van der Waals surface area contributed by atoms with E-state index in [9.17, 15) is 28.2 Å². The van der Waals surface area contributed by atoms with Crippen LogP contribution in [0.1, 0.15) is 30.7 Å². The van der Waals surface area contributed by atoms with E-state index in [0.717, 1.165) is 17.7 Å². The highest BCUT2D eigenvalue weighted by Crippen LogP contribution is 2.33. The number of fused-ring (bicyclic) bond motifs is 1. The van der Waals surface area contributed by atoms with Crippen LogP contribution < -0.4 is 21.3 Å². The fourth-order valence-corrected chi connectivity index (χ4v) is 5.20. The number of benzene rings is 2. The number of nitrogens with one attached hydrogen (secondary N) is 4. The highest BCUT2D eigenvalue weighted by atomic mass is 35.5. The molecule has 16 heteroatoms. The van der Waals surface area contributed by atoms with E-state index in [1.54, 1.807) is 22.8 Å². The number of halogens is 4. The zero-order valence-corrected chi connectivity index (χ0v) is 25.9. The van der Waals surface area contributed by atoms with Crippen LogP contribution in [0, 0.1) is 0 Å². The van der Waals surface area contributed by atoms with Crippen LogP contribution in [-0.2, 0) is 17.5 Å². The molecule has 0 saturated carbocycles. The summed E-state index contributed by atoms with van der Waals surface area (Å²) < 4.78 is 46.2. The largest absolute Gasteiger partial charge is 0.416 e. The number of urea groups is 1. The molecule has 5 rings (SSSR count). The van der Waals surface area contributed by atoms with E-state index in [1.807, 2.05) is 25.1 Å². The second-order valence-corrected chi connectivity index (χ2v) is 11.4. The summed E-state index contributed by atoms with van der Waals surface area (Å²) in [6, 6.07) is 11.1. The maximum atomic E-state index is 12.9. The van der Waals surface area contributed by atoms with Gasteiger partial charge in [0, 0.05) is 29.8 Å². The smallest absolute Gasteiger partial charge is 0.387 e. The number of aliphatic hydroxyl groups excluding tert-OH is 2. The van der Waals surface area contributed by atoms with Gasteiger partial charge in [-0.1, -0.05) is 42.0 Å². The van der Waals surface area contributed by atoms with Gasteiger partial charge in [-0.25, -0.2) is 19.7 Å². The molecule has 6 N–H and O–H groups in total. The summed E-state index contributed by atoms with van der Waals surface area (Å²) in [5, 5.41) is 33.6. The van der Waals surface area contributed by atoms with Crippen molar-refractivity contribution in [2.24, 2.45) is 0 Å². The van der Waals surface area contributed by atoms with Gasteiger partial charge in [0.2, 0.25) is 0 Å². The van der Waals surface area contributed by atoms with E-state index in [-0.39, 0.29) is 18.3 Å².